The van der Waals surface area contributed by atoms with Gasteiger partial charge < -0.3 is 4.90 Å². The molecule has 0 saturated carbocycles. The summed E-state index contributed by atoms with van der Waals surface area (Å²) in [6, 6.07) is 0. The normalized spacial score (nSPS) is 33.8. The van der Waals surface area contributed by atoms with Crippen LogP contribution in [0.3, 0.4) is 0 Å². The molecule has 1 N–H and O–H groups in total. The Hall–Kier alpha value is 0.540. The molecule has 0 aromatic rings. The Morgan fingerprint density at radius 1 is 1.19 bits per heavy atom. The lowest BCUT2D eigenvalue weighted by molar-refractivity contribution is 0.112. The van der Waals surface area contributed by atoms with Gasteiger partial charge in [-0.05, 0) is 20.6 Å². The fraction of sp³-hybridized carbons (Fsp3) is 1.00. The summed E-state index contributed by atoms with van der Waals surface area (Å²) in [4.78, 5) is 7.32. The molecule has 94 valence electrons. The van der Waals surface area contributed by atoms with Gasteiger partial charge in [-0.3, -0.25) is 15.1 Å². The molecule has 0 aliphatic carbocycles. The van der Waals surface area contributed by atoms with Crippen LogP contribution in [0.5, 0.6) is 0 Å². The van der Waals surface area contributed by atoms with Crippen LogP contribution in [0, 0.1) is 0 Å². The van der Waals surface area contributed by atoms with Crippen LogP contribution in [-0.2, 0) is 0 Å². The van der Waals surface area contributed by atoms with Gasteiger partial charge in [-0.2, -0.15) is 0 Å². The van der Waals surface area contributed by atoms with E-state index in [2.05, 4.69) is 41.0 Å². The summed E-state index contributed by atoms with van der Waals surface area (Å²) in [5.41, 5.74) is 0.954. The Kier molecular flexibility index (Phi) is 4.81. The second kappa shape index (κ2) is 5.93. The SMILES string of the molecule is CCN1CCN(C2NC(N(C)C)SS2)CC1. The molecule has 0 aromatic carbocycles. The Bertz CT molecular complexity index is 219. The quantitative estimate of drug-likeness (QED) is 0.752. The fourth-order valence-electron chi connectivity index (χ4n) is 2.00. The van der Waals surface area contributed by atoms with E-state index < -0.39 is 0 Å². The van der Waals surface area contributed by atoms with E-state index in [1.165, 1.54) is 32.7 Å². The Morgan fingerprint density at radius 2 is 1.88 bits per heavy atom. The highest BCUT2D eigenvalue weighted by Crippen LogP contribution is 2.38. The molecule has 0 aromatic heterocycles. The minimum Gasteiger partial charge on any atom is -0.301 e. The molecule has 2 saturated heterocycles. The number of likely N-dealkylation sites (N-methyl/N-ethyl adjacent to an activating group) is 1. The minimum absolute atomic E-state index is 0.458. The van der Waals surface area contributed by atoms with Crippen molar-refractivity contribution in [3.63, 3.8) is 0 Å². The average molecular weight is 262 g/mol. The average Bonchev–Trinajstić information content (AvgIpc) is 2.78. The summed E-state index contributed by atoms with van der Waals surface area (Å²) in [6.07, 6.45) is 0. The highest BCUT2D eigenvalue weighted by molar-refractivity contribution is 8.77. The molecule has 2 aliphatic rings. The maximum atomic E-state index is 3.65. The highest BCUT2D eigenvalue weighted by atomic mass is 33.1. The Labute approximate surface area is 106 Å². The van der Waals surface area contributed by atoms with E-state index in [9.17, 15) is 0 Å². The molecule has 2 rings (SSSR count). The molecular weight excluding hydrogens is 240 g/mol. The Morgan fingerprint density at radius 3 is 2.38 bits per heavy atom. The van der Waals surface area contributed by atoms with Crippen LogP contribution in [0.15, 0.2) is 0 Å². The fourth-order valence-corrected chi connectivity index (χ4v) is 5.01. The van der Waals surface area contributed by atoms with Gasteiger partial charge in [0.1, 0.15) is 11.0 Å². The largest absolute Gasteiger partial charge is 0.301 e. The van der Waals surface area contributed by atoms with Gasteiger partial charge in [-0.1, -0.05) is 28.5 Å². The van der Waals surface area contributed by atoms with E-state index in [1.54, 1.807) is 0 Å². The van der Waals surface area contributed by atoms with Crippen molar-refractivity contribution in [1.82, 2.24) is 20.0 Å². The highest BCUT2D eigenvalue weighted by Gasteiger charge is 2.32. The molecule has 6 heteroatoms. The minimum atomic E-state index is 0.458. The smallest absolute Gasteiger partial charge is 0.120 e. The molecule has 2 heterocycles. The summed E-state index contributed by atoms with van der Waals surface area (Å²) < 4.78 is 0. The summed E-state index contributed by atoms with van der Waals surface area (Å²) in [7, 11) is 8.16. The molecule has 2 unspecified atom stereocenters. The van der Waals surface area contributed by atoms with E-state index in [4.69, 9.17) is 0 Å². The van der Waals surface area contributed by atoms with Crippen molar-refractivity contribution in [2.24, 2.45) is 0 Å². The van der Waals surface area contributed by atoms with Gasteiger partial charge >= 0.3 is 0 Å². The van der Waals surface area contributed by atoms with Gasteiger partial charge in [0, 0.05) is 26.2 Å². The molecule has 4 nitrogen and oxygen atoms in total. The van der Waals surface area contributed by atoms with Crippen molar-refractivity contribution in [2.75, 3.05) is 46.8 Å². The number of rotatable bonds is 3. The monoisotopic (exact) mass is 262 g/mol. The van der Waals surface area contributed by atoms with Gasteiger partial charge in [-0.15, -0.1) is 0 Å². The third-order valence-electron chi connectivity index (χ3n) is 3.18. The molecule has 0 spiro atoms. The second-order valence-corrected chi connectivity index (χ2v) is 6.93. The van der Waals surface area contributed by atoms with Gasteiger partial charge in [-0.25, -0.2) is 0 Å². The van der Waals surface area contributed by atoms with E-state index in [1.807, 2.05) is 21.6 Å². The van der Waals surface area contributed by atoms with Crippen LogP contribution in [0.25, 0.3) is 0 Å². The van der Waals surface area contributed by atoms with Gasteiger partial charge in [0.2, 0.25) is 0 Å². The lowest BCUT2D eigenvalue weighted by Crippen LogP contribution is -2.54. The third-order valence-corrected chi connectivity index (χ3v) is 6.07. The number of nitrogens with zero attached hydrogens (tertiary/aromatic N) is 3. The molecule has 16 heavy (non-hydrogen) atoms. The van der Waals surface area contributed by atoms with E-state index in [-0.39, 0.29) is 0 Å². The zero-order chi connectivity index (χ0) is 11.5. The third kappa shape index (κ3) is 3.05. The van der Waals surface area contributed by atoms with Crippen LogP contribution in [-0.4, -0.2) is 72.5 Å². The molecular formula is C10H22N4S2. The molecule has 2 fully saturated rings. The van der Waals surface area contributed by atoms with Crippen LogP contribution in [0.2, 0.25) is 0 Å². The van der Waals surface area contributed by atoms with Gasteiger partial charge in [0.15, 0.2) is 0 Å². The first kappa shape index (κ1) is 13.0. The van der Waals surface area contributed by atoms with Crippen molar-refractivity contribution in [3.8, 4) is 0 Å². The first-order valence-electron chi connectivity index (χ1n) is 5.91. The summed E-state index contributed by atoms with van der Waals surface area (Å²) in [5.74, 6) is 0. The topological polar surface area (TPSA) is 21.8 Å². The number of hydrogen-bond donors (Lipinski definition) is 1. The Balaban J connectivity index is 1.78. The summed E-state index contributed by atoms with van der Waals surface area (Å²) in [6.45, 7) is 8.25. The van der Waals surface area contributed by atoms with E-state index in [0.717, 1.165) is 0 Å². The van der Waals surface area contributed by atoms with Crippen molar-refractivity contribution in [2.45, 2.75) is 17.9 Å². The van der Waals surface area contributed by atoms with Crippen LogP contribution >= 0.6 is 21.6 Å². The van der Waals surface area contributed by atoms with Crippen LogP contribution in [0.4, 0.5) is 0 Å². The van der Waals surface area contributed by atoms with Crippen LogP contribution < -0.4 is 5.32 Å². The zero-order valence-corrected chi connectivity index (χ0v) is 12.0. The van der Waals surface area contributed by atoms with Crippen molar-refractivity contribution in [3.05, 3.63) is 0 Å². The van der Waals surface area contributed by atoms with Crippen molar-refractivity contribution >= 4 is 21.6 Å². The molecule has 2 aliphatic heterocycles. The van der Waals surface area contributed by atoms with Gasteiger partial charge in [0.25, 0.3) is 0 Å². The lowest BCUT2D eigenvalue weighted by Gasteiger charge is -2.37. The number of nitrogens with one attached hydrogen (secondary N) is 1. The van der Waals surface area contributed by atoms with Gasteiger partial charge in [0.05, 0.1) is 0 Å². The summed E-state index contributed by atoms with van der Waals surface area (Å²) >= 11 is 0. The zero-order valence-electron chi connectivity index (χ0n) is 10.3. The standard InChI is InChI=1S/C10H22N4S2/c1-4-13-5-7-14(8-6-13)10-11-9(12(2)3)15-16-10/h9-11H,4-8H2,1-3H3. The predicted molar refractivity (Wildman–Crippen MR) is 73.3 cm³/mol. The first-order chi connectivity index (χ1) is 7.70. The number of piperazine rings is 1. The summed E-state index contributed by atoms with van der Waals surface area (Å²) in [5, 5.41) is 3.65. The van der Waals surface area contributed by atoms with Crippen LogP contribution in [0.1, 0.15) is 6.92 Å². The molecule has 0 amide bonds. The lowest BCUT2D eigenvalue weighted by atomic mass is 10.3. The van der Waals surface area contributed by atoms with Crippen molar-refractivity contribution < 1.29 is 0 Å². The maximum absolute atomic E-state index is 3.65. The van der Waals surface area contributed by atoms with Crippen molar-refractivity contribution in [1.29, 1.82) is 0 Å². The number of hydrogen-bond acceptors (Lipinski definition) is 6. The van der Waals surface area contributed by atoms with E-state index in [0.29, 0.717) is 11.0 Å². The molecule has 2 atom stereocenters. The van der Waals surface area contributed by atoms with E-state index >= 15 is 0 Å². The second-order valence-electron chi connectivity index (χ2n) is 4.50. The predicted octanol–water partition coefficient (Wildman–Crippen LogP) is 0.737. The molecule has 0 radical (unpaired) electrons. The first-order valence-corrected chi connectivity index (χ1v) is 8.19. The maximum Gasteiger partial charge on any atom is 0.120 e. The molecule has 0 bridgehead atoms.